The number of nitrogens with zero attached hydrogens (tertiary/aromatic N) is 1. The monoisotopic (exact) mass is 321 g/mol. The van der Waals surface area contributed by atoms with Crippen molar-refractivity contribution in [2.75, 3.05) is 25.0 Å². The van der Waals surface area contributed by atoms with Gasteiger partial charge in [0.25, 0.3) is 0 Å². The number of urea groups is 1. The van der Waals surface area contributed by atoms with Crippen molar-refractivity contribution in [1.29, 1.82) is 0 Å². The van der Waals surface area contributed by atoms with Crippen molar-refractivity contribution in [3.05, 3.63) is 23.8 Å². The first-order valence-corrected chi connectivity index (χ1v) is 7.61. The van der Waals surface area contributed by atoms with Crippen LogP contribution in [0.5, 0.6) is 5.75 Å². The molecule has 0 radical (unpaired) electrons. The van der Waals surface area contributed by atoms with Crippen LogP contribution in [0, 0.1) is 6.92 Å². The molecule has 0 unspecified atom stereocenters. The maximum absolute atomic E-state index is 12.3. The van der Waals surface area contributed by atoms with Gasteiger partial charge in [-0.3, -0.25) is 4.79 Å². The number of aryl methyl sites for hydroxylation is 1. The van der Waals surface area contributed by atoms with Crippen molar-refractivity contribution in [1.82, 2.24) is 4.90 Å². The fraction of sp³-hybridized carbons (Fsp3) is 0.500. The van der Waals surface area contributed by atoms with Gasteiger partial charge in [0.05, 0.1) is 19.3 Å². The molecule has 1 aliphatic heterocycles. The van der Waals surface area contributed by atoms with E-state index in [1.807, 2.05) is 32.9 Å². The highest BCUT2D eigenvalue weighted by Crippen LogP contribution is 2.22. The number of ether oxygens (including phenoxy) is 2. The predicted molar refractivity (Wildman–Crippen MR) is 86.5 cm³/mol. The van der Waals surface area contributed by atoms with Gasteiger partial charge in [0.15, 0.2) is 6.10 Å². The second-order valence-corrected chi connectivity index (χ2v) is 5.78. The summed E-state index contributed by atoms with van der Waals surface area (Å²) in [4.78, 5) is 25.0. The van der Waals surface area contributed by atoms with Crippen LogP contribution in [0.4, 0.5) is 10.5 Å². The Bertz CT molecular complexity index is 589. The number of morpholine rings is 1. The van der Waals surface area contributed by atoms with Crippen molar-refractivity contribution in [2.24, 2.45) is 5.73 Å². The van der Waals surface area contributed by atoms with E-state index in [1.54, 1.807) is 6.07 Å². The normalized spacial score (nSPS) is 17.9. The molecule has 0 saturated carbocycles. The second kappa shape index (κ2) is 7.32. The van der Waals surface area contributed by atoms with Crippen LogP contribution < -0.4 is 15.8 Å². The lowest BCUT2D eigenvalue weighted by atomic mass is 10.2. The summed E-state index contributed by atoms with van der Waals surface area (Å²) in [5, 5.41) is 2.84. The quantitative estimate of drug-likeness (QED) is 0.879. The Morgan fingerprint density at radius 1 is 1.43 bits per heavy atom. The first kappa shape index (κ1) is 17.1. The largest absolute Gasteiger partial charge is 0.491 e. The van der Waals surface area contributed by atoms with E-state index < -0.39 is 12.0 Å². The summed E-state index contributed by atoms with van der Waals surface area (Å²) < 4.78 is 10.9. The minimum absolute atomic E-state index is 0.0916. The van der Waals surface area contributed by atoms with E-state index in [-0.39, 0.29) is 18.7 Å². The number of carbonyl (C=O) groups excluding carboxylic acids is 2. The van der Waals surface area contributed by atoms with E-state index in [0.29, 0.717) is 18.8 Å². The zero-order valence-corrected chi connectivity index (χ0v) is 13.7. The Balaban J connectivity index is 2.01. The van der Waals surface area contributed by atoms with Crippen LogP contribution in [0.1, 0.15) is 19.4 Å². The van der Waals surface area contributed by atoms with E-state index in [4.69, 9.17) is 15.2 Å². The van der Waals surface area contributed by atoms with E-state index in [2.05, 4.69) is 5.32 Å². The van der Waals surface area contributed by atoms with Gasteiger partial charge < -0.3 is 25.4 Å². The van der Waals surface area contributed by atoms with E-state index in [0.717, 1.165) is 11.3 Å². The molecule has 0 aliphatic carbocycles. The SMILES string of the molecule is Cc1cc(OC(C)C)ccc1NC(=O)N1CCO[C@H](C(N)=O)C1. The molecule has 1 saturated heterocycles. The molecule has 23 heavy (non-hydrogen) atoms. The van der Waals surface area contributed by atoms with Gasteiger partial charge in [-0.15, -0.1) is 0 Å². The lowest BCUT2D eigenvalue weighted by Crippen LogP contribution is -2.51. The molecule has 1 atom stereocenters. The van der Waals surface area contributed by atoms with Crippen molar-refractivity contribution in [2.45, 2.75) is 33.0 Å². The summed E-state index contributed by atoms with van der Waals surface area (Å²) in [6, 6.07) is 5.21. The van der Waals surface area contributed by atoms with Gasteiger partial charge in [0.2, 0.25) is 5.91 Å². The molecule has 1 aliphatic rings. The van der Waals surface area contributed by atoms with Crippen LogP contribution in [0.2, 0.25) is 0 Å². The topological polar surface area (TPSA) is 93.9 Å². The summed E-state index contributed by atoms with van der Waals surface area (Å²) >= 11 is 0. The summed E-state index contributed by atoms with van der Waals surface area (Å²) in [6.45, 7) is 6.69. The third-order valence-corrected chi connectivity index (χ3v) is 3.48. The Morgan fingerprint density at radius 2 is 2.17 bits per heavy atom. The number of rotatable bonds is 4. The van der Waals surface area contributed by atoms with Gasteiger partial charge in [0, 0.05) is 12.2 Å². The molecule has 1 fully saturated rings. The van der Waals surface area contributed by atoms with Gasteiger partial charge >= 0.3 is 6.03 Å². The number of benzene rings is 1. The molecule has 1 aromatic rings. The van der Waals surface area contributed by atoms with Crippen LogP contribution in [-0.2, 0) is 9.53 Å². The lowest BCUT2D eigenvalue weighted by molar-refractivity contribution is -0.133. The van der Waals surface area contributed by atoms with Gasteiger partial charge in [0.1, 0.15) is 5.75 Å². The average Bonchev–Trinajstić information content (AvgIpc) is 2.49. The lowest BCUT2D eigenvalue weighted by Gasteiger charge is -2.31. The number of primary amides is 1. The molecule has 126 valence electrons. The third kappa shape index (κ3) is 4.59. The molecular formula is C16H23N3O4. The number of amides is 3. The molecule has 0 aromatic heterocycles. The Kier molecular flexibility index (Phi) is 5.44. The number of hydrogen-bond acceptors (Lipinski definition) is 4. The predicted octanol–water partition coefficient (Wildman–Crippen LogP) is 1.50. The maximum atomic E-state index is 12.3. The zero-order valence-electron chi connectivity index (χ0n) is 13.7. The molecule has 0 bridgehead atoms. The fourth-order valence-corrected chi connectivity index (χ4v) is 2.32. The van der Waals surface area contributed by atoms with Crippen LogP contribution in [0.15, 0.2) is 18.2 Å². The van der Waals surface area contributed by atoms with E-state index >= 15 is 0 Å². The molecular weight excluding hydrogens is 298 g/mol. The standard InChI is InChI=1S/C16H23N3O4/c1-10(2)23-12-4-5-13(11(3)8-12)18-16(21)19-6-7-22-14(9-19)15(17)20/h4-5,8,10,14H,6-7,9H2,1-3H3,(H2,17,20)(H,18,21)/t14-/m0/s1. The van der Waals surface area contributed by atoms with Gasteiger partial charge in [-0.05, 0) is 44.5 Å². The molecule has 3 N–H and O–H groups in total. The Labute approximate surface area is 135 Å². The van der Waals surface area contributed by atoms with Crippen molar-refractivity contribution in [3.8, 4) is 5.75 Å². The number of hydrogen-bond donors (Lipinski definition) is 2. The number of carbonyl (C=O) groups is 2. The van der Waals surface area contributed by atoms with Crippen LogP contribution in [0.3, 0.4) is 0 Å². The second-order valence-electron chi connectivity index (χ2n) is 5.78. The minimum Gasteiger partial charge on any atom is -0.491 e. The molecule has 2 rings (SSSR count). The van der Waals surface area contributed by atoms with Crippen LogP contribution in [0.25, 0.3) is 0 Å². The van der Waals surface area contributed by atoms with Crippen molar-refractivity contribution in [3.63, 3.8) is 0 Å². The van der Waals surface area contributed by atoms with Gasteiger partial charge in [-0.25, -0.2) is 4.79 Å². The third-order valence-electron chi connectivity index (χ3n) is 3.48. The molecule has 1 heterocycles. The highest BCUT2D eigenvalue weighted by molar-refractivity contribution is 5.91. The maximum Gasteiger partial charge on any atom is 0.322 e. The molecule has 1 aromatic carbocycles. The smallest absolute Gasteiger partial charge is 0.322 e. The van der Waals surface area contributed by atoms with E-state index in [9.17, 15) is 9.59 Å². The number of anilines is 1. The number of nitrogens with one attached hydrogen (secondary N) is 1. The minimum atomic E-state index is -0.752. The average molecular weight is 321 g/mol. The summed E-state index contributed by atoms with van der Waals surface area (Å²) in [7, 11) is 0. The molecule has 3 amide bonds. The number of nitrogens with two attached hydrogens (primary N) is 1. The fourth-order valence-electron chi connectivity index (χ4n) is 2.32. The van der Waals surface area contributed by atoms with Crippen LogP contribution >= 0.6 is 0 Å². The first-order chi connectivity index (χ1) is 10.9. The zero-order chi connectivity index (χ0) is 17.0. The summed E-state index contributed by atoms with van der Waals surface area (Å²) in [5.41, 5.74) is 6.83. The van der Waals surface area contributed by atoms with Crippen molar-refractivity contribution >= 4 is 17.6 Å². The first-order valence-electron chi connectivity index (χ1n) is 7.61. The highest BCUT2D eigenvalue weighted by atomic mass is 16.5. The Hall–Kier alpha value is -2.28. The molecule has 7 heteroatoms. The van der Waals surface area contributed by atoms with Gasteiger partial charge in [-0.2, -0.15) is 0 Å². The van der Waals surface area contributed by atoms with Crippen LogP contribution in [-0.4, -0.2) is 48.7 Å². The Morgan fingerprint density at radius 3 is 2.78 bits per heavy atom. The van der Waals surface area contributed by atoms with Crippen molar-refractivity contribution < 1.29 is 19.1 Å². The molecule has 7 nitrogen and oxygen atoms in total. The highest BCUT2D eigenvalue weighted by Gasteiger charge is 2.27. The summed E-state index contributed by atoms with van der Waals surface area (Å²) in [6.07, 6.45) is -0.661. The van der Waals surface area contributed by atoms with Gasteiger partial charge in [-0.1, -0.05) is 0 Å². The van der Waals surface area contributed by atoms with E-state index in [1.165, 1.54) is 4.90 Å². The molecule has 0 spiro atoms. The summed E-state index contributed by atoms with van der Waals surface area (Å²) in [5.74, 6) is 0.199.